The minimum Gasteiger partial charge on any atom is -0.501 e. The van der Waals surface area contributed by atoms with E-state index >= 15 is 0 Å². The van der Waals surface area contributed by atoms with Crippen molar-refractivity contribution in [3.05, 3.63) is 69.8 Å². The Kier molecular flexibility index (Phi) is 10.3. The van der Waals surface area contributed by atoms with Crippen molar-refractivity contribution in [1.82, 2.24) is 19.9 Å². The first-order valence-electron chi connectivity index (χ1n) is 12.3. The van der Waals surface area contributed by atoms with Crippen molar-refractivity contribution in [2.24, 2.45) is 0 Å². The SMILES string of the molecule is CC.CC.COc1ccc(-c2cc(F)ccc2CNC(=O)c2nc3n(c(=O)c2O)CCOC3(C)C)cn1. The predicted molar refractivity (Wildman–Crippen MR) is 139 cm³/mol. The normalized spacial score (nSPS) is 13.2. The van der Waals surface area contributed by atoms with Gasteiger partial charge < -0.3 is 19.9 Å². The number of fused-ring (bicyclic) bond motifs is 1. The van der Waals surface area contributed by atoms with E-state index in [1.165, 1.54) is 23.8 Å². The van der Waals surface area contributed by atoms with E-state index in [0.717, 1.165) is 0 Å². The van der Waals surface area contributed by atoms with E-state index in [1.54, 1.807) is 38.2 Å². The zero-order chi connectivity index (χ0) is 27.8. The van der Waals surface area contributed by atoms with E-state index in [-0.39, 0.29) is 24.6 Å². The molecule has 0 fully saturated rings. The summed E-state index contributed by atoms with van der Waals surface area (Å²) < 4.78 is 26.0. The van der Waals surface area contributed by atoms with Crippen LogP contribution >= 0.6 is 0 Å². The molecule has 0 bridgehead atoms. The topological polar surface area (TPSA) is 116 Å². The number of rotatable bonds is 5. The zero-order valence-electron chi connectivity index (χ0n) is 22.4. The molecule has 2 aromatic heterocycles. The summed E-state index contributed by atoms with van der Waals surface area (Å²) in [7, 11) is 1.49. The van der Waals surface area contributed by atoms with Gasteiger partial charge in [0.25, 0.3) is 11.5 Å². The van der Waals surface area contributed by atoms with Gasteiger partial charge in [0.05, 0.1) is 20.3 Å². The van der Waals surface area contributed by atoms with Gasteiger partial charge >= 0.3 is 0 Å². The quantitative estimate of drug-likeness (QED) is 0.518. The molecule has 9 nitrogen and oxygen atoms in total. The molecule has 1 aliphatic heterocycles. The minimum absolute atomic E-state index is 0.0000924. The van der Waals surface area contributed by atoms with Crippen LogP contribution in [-0.2, 0) is 23.4 Å². The fraction of sp³-hybridized carbons (Fsp3) is 0.407. The Labute approximate surface area is 216 Å². The van der Waals surface area contributed by atoms with Crippen LogP contribution in [0, 0.1) is 5.82 Å². The average Bonchev–Trinajstić information content (AvgIpc) is 2.92. The molecule has 2 N–H and O–H groups in total. The molecule has 0 atom stereocenters. The summed E-state index contributed by atoms with van der Waals surface area (Å²) in [5.74, 6) is -1.24. The number of carbonyl (C=O) groups excluding carboxylic acids is 1. The first kappa shape index (κ1) is 29.4. The highest BCUT2D eigenvalue weighted by Gasteiger charge is 2.34. The van der Waals surface area contributed by atoms with Gasteiger partial charge in [0.2, 0.25) is 11.6 Å². The molecule has 0 saturated carbocycles. The number of hydrogen-bond donors (Lipinski definition) is 2. The van der Waals surface area contributed by atoms with Gasteiger partial charge in [-0.05, 0) is 43.2 Å². The molecular weight excluding hydrogens is 479 g/mol. The molecule has 1 amide bonds. The van der Waals surface area contributed by atoms with Gasteiger partial charge in [-0.3, -0.25) is 14.2 Å². The largest absolute Gasteiger partial charge is 0.501 e. The summed E-state index contributed by atoms with van der Waals surface area (Å²) in [5.41, 5.74) is -0.220. The summed E-state index contributed by atoms with van der Waals surface area (Å²) in [6.07, 6.45) is 1.54. The fourth-order valence-electron chi connectivity index (χ4n) is 3.72. The lowest BCUT2D eigenvalue weighted by molar-refractivity contribution is -0.0566. The van der Waals surface area contributed by atoms with Gasteiger partial charge in [-0.1, -0.05) is 33.8 Å². The van der Waals surface area contributed by atoms with Crippen molar-refractivity contribution in [2.45, 2.75) is 60.2 Å². The highest BCUT2D eigenvalue weighted by molar-refractivity contribution is 5.94. The van der Waals surface area contributed by atoms with Crippen LogP contribution in [0.25, 0.3) is 11.1 Å². The Balaban J connectivity index is 0.00000115. The molecule has 3 heterocycles. The molecule has 1 aromatic carbocycles. The molecule has 0 unspecified atom stereocenters. The summed E-state index contributed by atoms with van der Waals surface area (Å²) in [6.45, 7) is 12.0. The number of amides is 1. The van der Waals surface area contributed by atoms with Gasteiger partial charge in [0.1, 0.15) is 17.2 Å². The van der Waals surface area contributed by atoms with Crippen molar-refractivity contribution in [3.8, 4) is 22.8 Å². The Hall–Kier alpha value is -3.79. The summed E-state index contributed by atoms with van der Waals surface area (Å²) >= 11 is 0. The van der Waals surface area contributed by atoms with Crippen LogP contribution in [-0.4, -0.2) is 39.3 Å². The fourth-order valence-corrected chi connectivity index (χ4v) is 3.72. The maximum Gasteiger partial charge on any atom is 0.296 e. The molecule has 0 spiro atoms. The molecule has 3 aromatic rings. The molecule has 0 saturated heterocycles. The van der Waals surface area contributed by atoms with E-state index in [4.69, 9.17) is 9.47 Å². The molecule has 4 rings (SSSR count). The zero-order valence-corrected chi connectivity index (χ0v) is 22.4. The van der Waals surface area contributed by atoms with Gasteiger partial charge in [0.15, 0.2) is 5.69 Å². The van der Waals surface area contributed by atoms with Gasteiger partial charge in [0, 0.05) is 24.4 Å². The van der Waals surface area contributed by atoms with E-state index in [2.05, 4.69) is 15.3 Å². The molecule has 0 aliphatic carbocycles. The maximum atomic E-state index is 13.9. The standard InChI is InChI=1S/C23H23FN4O5.2C2H6/c1-23(2)22-27-18(19(29)21(31)28(22)8-9-33-23)20(30)26-12-13-4-6-15(24)10-16(13)14-5-7-17(32-3)25-11-14;2*1-2/h4-7,10-11,29H,8-9,12H2,1-3H3,(H,26,30);2*1-2H3. The molecule has 200 valence electrons. The number of aromatic hydroxyl groups is 1. The summed E-state index contributed by atoms with van der Waals surface area (Å²) in [4.78, 5) is 33.9. The second-order valence-electron chi connectivity index (χ2n) is 8.02. The lowest BCUT2D eigenvalue weighted by Gasteiger charge is -2.32. The highest BCUT2D eigenvalue weighted by Crippen LogP contribution is 2.28. The number of nitrogens with zero attached hydrogens (tertiary/aromatic N) is 3. The first-order valence-corrected chi connectivity index (χ1v) is 12.3. The van der Waals surface area contributed by atoms with Crippen LogP contribution in [0.3, 0.4) is 0 Å². The second kappa shape index (κ2) is 13.0. The van der Waals surface area contributed by atoms with Crippen LogP contribution in [0.2, 0.25) is 0 Å². The van der Waals surface area contributed by atoms with Gasteiger partial charge in [-0.2, -0.15) is 0 Å². The molecule has 10 heteroatoms. The van der Waals surface area contributed by atoms with Crippen molar-refractivity contribution in [1.29, 1.82) is 0 Å². The van der Waals surface area contributed by atoms with E-state index in [1.807, 2.05) is 27.7 Å². The van der Waals surface area contributed by atoms with Gasteiger partial charge in [-0.15, -0.1) is 0 Å². The third-order valence-electron chi connectivity index (χ3n) is 5.44. The number of ether oxygens (including phenoxy) is 2. The van der Waals surface area contributed by atoms with E-state index in [9.17, 15) is 19.1 Å². The number of carbonyl (C=O) groups is 1. The highest BCUT2D eigenvalue weighted by atomic mass is 19.1. The van der Waals surface area contributed by atoms with E-state index in [0.29, 0.717) is 29.2 Å². The smallest absolute Gasteiger partial charge is 0.296 e. The van der Waals surface area contributed by atoms with Gasteiger partial charge in [-0.25, -0.2) is 14.4 Å². The average molecular weight is 515 g/mol. The van der Waals surface area contributed by atoms with Crippen molar-refractivity contribution >= 4 is 5.91 Å². The molecular formula is C27H35FN4O5. The summed E-state index contributed by atoms with van der Waals surface area (Å²) in [6, 6.07) is 7.54. The number of benzene rings is 1. The lowest BCUT2D eigenvalue weighted by Crippen LogP contribution is -2.42. The number of nitrogens with one attached hydrogen (secondary N) is 1. The van der Waals surface area contributed by atoms with Crippen LogP contribution < -0.4 is 15.6 Å². The van der Waals surface area contributed by atoms with Crippen LogP contribution in [0.5, 0.6) is 11.6 Å². The number of pyridine rings is 1. The Morgan fingerprint density at radius 1 is 1.22 bits per heavy atom. The third-order valence-corrected chi connectivity index (χ3v) is 5.44. The molecule has 0 radical (unpaired) electrons. The van der Waals surface area contributed by atoms with Crippen LogP contribution in [0.4, 0.5) is 4.39 Å². The van der Waals surface area contributed by atoms with E-state index < -0.39 is 28.6 Å². The van der Waals surface area contributed by atoms with Crippen LogP contribution in [0.15, 0.2) is 41.3 Å². The maximum absolute atomic E-state index is 13.9. The molecule has 1 aliphatic rings. The minimum atomic E-state index is -0.897. The van der Waals surface area contributed by atoms with Crippen molar-refractivity contribution < 1.29 is 23.8 Å². The van der Waals surface area contributed by atoms with Crippen molar-refractivity contribution in [2.75, 3.05) is 13.7 Å². The Morgan fingerprint density at radius 2 is 1.92 bits per heavy atom. The third kappa shape index (κ3) is 6.51. The van der Waals surface area contributed by atoms with Crippen molar-refractivity contribution in [3.63, 3.8) is 0 Å². The second-order valence-corrected chi connectivity index (χ2v) is 8.02. The Bertz CT molecular complexity index is 1270. The lowest BCUT2D eigenvalue weighted by atomic mass is 10.0. The predicted octanol–water partition coefficient (Wildman–Crippen LogP) is 4.41. The summed E-state index contributed by atoms with van der Waals surface area (Å²) in [5, 5.41) is 13.0. The monoisotopic (exact) mass is 514 g/mol. The first-order chi connectivity index (χ1) is 17.7. The number of methoxy groups -OCH3 is 1. The number of hydrogen-bond acceptors (Lipinski definition) is 7. The Morgan fingerprint density at radius 3 is 2.54 bits per heavy atom. The number of halogens is 1. The van der Waals surface area contributed by atoms with Crippen LogP contribution in [0.1, 0.15) is 63.4 Å². The number of aromatic nitrogens is 3. The molecule has 37 heavy (non-hydrogen) atoms.